The highest BCUT2D eigenvalue weighted by Crippen LogP contribution is 2.32. The van der Waals surface area contributed by atoms with Gasteiger partial charge >= 0.3 is 0 Å². The highest BCUT2D eigenvalue weighted by molar-refractivity contribution is 7.10. The zero-order chi connectivity index (χ0) is 20.9. The Bertz CT molecular complexity index is 984. The average molecular weight is 423 g/mol. The Morgan fingerprint density at radius 1 is 1.03 bits per heavy atom. The van der Waals surface area contributed by atoms with Gasteiger partial charge in [0.05, 0.1) is 12.6 Å². The van der Waals surface area contributed by atoms with E-state index in [0.29, 0.717) is 12.5 Å². The smallest absolute Gasteiger partial charge is 0.234 e. The summed E-state index contributed by atoms with van der Waals surface area (Å²) in [5.41, 5.74) is 3.45. The maximum absolute atomic E-state index is 12.5. The molecule has 2 heterocycles. The molecule has 0 bridgehead atoms. The van der Waals surface area contributed by atoms with Gasteiger partial charge in [0.1, 0.15) is 0 Å². The standard InChI is InChI=1S/C24H26N2O3S/c1-16(2)18-6-8-19(9-7-18)24(22-4-3-11-30-22)26-14-23(27)25-13-17-5-10-20-21(12-17)29-15-28-20/h3-12,16,24,26H,13-15H2,1-2H3,(H,25,27)/t24-/m1/s1. The summed E-state index contributed by atoms with van der Waals surface area (Å²) in [6.45, 7) is 5.31. The zero-order valence-corrected chi connectivity index (χ0v) is 18.0. The van der Waals surface area contributed by atoms with Crippen LogP contribution >= 0.6 is 11.3 Å². The van der Waals surface area contributed by atoms with Crippen LogP contribution in [0.5, 0.6) is 11.5 Å². The van der Waals surface area contributed by atoms with E-state index in [1.807, 2.05) is 24.3 Å². The summed E-state index contributed by atoms with van der Waals surface area (Å²) in [7, 11) is 0. The van der Waals surface area contributed by atoms with Crippen molar-refractivity contribution in [3.05, 3.63) is 81.5 Å². The fourth-order valence-corrected chi connectivity index (χ4v) is 4.25. The molecule has 0 aliphatic carbocycles. The van der Waals surface area contributed by atoms with Crippen molar-refractivity contribution in [3.63, 3.8) is 0 Å². The molecule has 4 rings (SSSR count). The SMILES string of the molecule is CC(C)c1ccc([C@@H](NCC(=O)NCc2ccc3c(c2)OCO3)c2cccs2)cc1. The number of benzene rings is 2. The van der Waals surface area contributed by atoms with Gasteiger partial charge in [0.15, 0.2) is 11.5 Å². The number of amides is 1. The Kier molecular flexibility index (Phi) is 6.35. The average Bonchev–Trinajstić information content (AvgIpc) is 3.44. The monoisotopic (exact) mass is 422 g/mol. The minimum absolute atomic E-state index is 0.0116. The van der Waals surface area contributed by atoms with Crippen LogP contribution in [0.2, 0.25) is 0 Å². The van der Waals surface area contributed by atoms with Gasteiger partial charge in [0, 0.05) is 11.4 Å². The van der Waals surface area contributed by atoms with E-state index in [4.69, 9.17) is 9.47 Å². The van der Waals surface area contributed by atoms with E-state index >= 15 is 0 Å². The van der Waals surface area contributed by atoms with Crippen LogP contribution in [-0.4, -0.2) is 19.2 Å². The Morgan fingerprint density at radius 2 is 1.80 bits per heavy atom. The third-order valence-electron chi connectivity index (χ3n) is 5.16. The van der Waals surface area contributed by atoms with Crippen molar-refractivity contribution in [2.75, 3.05) is 13.3 Å². The molecule has 0 spiro atoms. The van der Waals surface area contributed by atoms with Crippen LogP contribution < -0.4 is 20.1 Å². The van der Waals surface area contributed by atoms with Gasteiger partial charge in [-0.15, -0.1) is 11.3 Å². The summed E-state index contributed by atoms with van der Waals surface area (Å²) >= 11 is 1.69. The summed E-state index contributed by atoms with van der Waals surface area (Å²) in [4.78, 5) is 13.7. The summed E-state index contributed by atoms with van der Waals surface area (Å²) in [5, 5.41) is 8.45. The number of carbonyl (C=O) groups excluding carboxylic acids is 1. The molecular formula is C24H26N2O3S. The number of nitrogens with one attached hydrogen (secondary N) is 2. The van der Waals surface area contributed by atoms with Crippen molar-refractivity contribution in [3.8, 4) is 11.5 Å². The van der Waals surface area contributed by atoms with E-state index in [1.54, 1.807) is 11.3 Å². The van der Waals surface area contributed by atoms with Crippen LogP contribution in [0.25, 0.3) is 0 Å². The van der Waals surface area contributed by atoms with E-state index in [2.05, 4.69) is 60.2 Å². The van der Waals surface area contributed by atoms with Crippen molar-refractivity contribution in [1.29, 1.82) is 0 Å². The van der Waals surface area contributed by atoms with E-state index in [9.17, 15) is 4.79 Å². The van der Waals surface area contributed by atoms with Crippen molar-refractivity contribution in [1.82, 2.24) is 10.6 Å². The molecule has 0 saturated carbocycles. The van der Waals surface area contributed by atoms with Crippen LogP contribution in [-0.2, 0) is 11.3 Å². The number of fused-ring (bicyclic) bond motifs is 1. The summed E-state index contributed by atoms with van der Waals surface area (Å²) in [6, 6.07) is 18.5. The molecule has 0 radical (unpaired) electrons. The third kappa shape index (κ3) is 4.83. The van der Waals surface area contributed by atoms with Gasteiger partial charge in [-0.25, -0.2) is 0 Å². The van der Waals surface area contributed by atoms with Gasteiger partial charge in [0.2, 0.25) is 12.7 Å². The van der Waals surface area contributed by atoms with Crippen LogP contribution in [0.4, 0.5) is 0 Å². The number of hydrogen-bond acceptors (Lipinski definition) is 5. The maximum Gasteiger partial charge on any atom is 0.234 e. The first kappa shape index (κ1) is 20.4. The van der Waals surface area contributed by atoms with E-state index < -0.39 is 0 Å². The van der Waals surface area contributed by atoms with Crippen LogP contribution in [0.15, 0.2) is 60.0 Å². The quantitative estimate of drug-likeness (QED) is 0.557. The van der Waals surface area contributed by atoms with Gasteiger partial charge in [-0.3, -0.25) is 10.1 Å². The van der Waals surface area contributed by atoms with E-state index in [1.165, 1.54) is 10.4 Å². The highest BCUT2D eigenvalue weighted by atomic mass is 32.1. The first-order valence-electron chi connectivity index (χ1n) is 10.1. The predicted molar refractivity (Wildman–Crippen MR) is 119 cm³/mol. The first-order valence-corrected chi connectivity index (χ1v) is 11.0. The molecule has 2 N–H and O–H groups in total. The lowest BCUT2D eigenvalue weighted by Gasteiger charge is -2.19. The molecule has 0 saturated heterocycles. The summed E-state index contributed by atoms with van der Waals surface area (Å²) < 4.78 is 10.7. The van der Waals surface area contributed by atoms with Gasteiger partial charge in [-0.1, -0.05) is 50.2 Å². The lowest BCUT2D eigenvalue weighted by Crippen LogP contribution is -2.35. The number of hydrogen-bond donors (Lipinski definition) is 2. The molecule has 6 heteroatoms. The molecular weight excluding hydrogens is 396 g/mol. The van der Waals surface area contributed by atoms with Gasteiger partial charge < -0.3 is 14.8 Å². The van der Waals surface area contributed by atoms with Crippen LogP contribution in [0.1, 0.15) is 47.4 Å². The molecule has 1 aliphatic rings. The Balaban J connectivity index is 1.37. The minimum atomic E-state index is -0.0481. The van der Waals surface area contributed by atoms with Gasteiger partial charge in [-0.05, 0) is 46.2 Å². The molecule has 5 nitrogen and oxygen atoms in total. The van der Waals surface area contributed by atoms with Gasteiger partial charge in [0.25, 0.3) is 0 Å². The number of rotatable bonds is 8. The molecule has 3 aromatic rings. The largest absolute Gasteiger partial charge is 0.454 e. The normalized spacial score (nSPS) is 13.4. The molecule has 156 valence electrons. The second kappa shape index (κ2) is 9.32. The van der Waals surface area contributed by atoms with Crippen molar-refractivity contribution in [2.24, 2.45) is 0 Å². The molecule has 1 aliphatic heterocycles. The molecule has 2 aromatic carbocycles. The predicted octanol–water partition coefficient (Wildman–Crippen LogP) is 4.60. The summed E-state index contributed by atoms with van der Waals surface area (Å²) in [5.74, 6) is 1.92. The Hall–Kier alpha value is -2.83. The second-order valence-corrected chi connectivity index (χ2v) is 8.59. The minimum Gasteiger partial charge on any atom is -0.454 e. The molecule has 0 unspecified atom stereocenters. The van der Waals surface area contributed by atoms with Crippen LogP contribution in [0.3, 0.4) is 0 Å². The summed E-state index contributed by atoms with van der Waals surface area (Å²) in [6.07, 6.45) is 0. The number of thiophene rings is 1. The van der Waals surface area contributed by atoms with Crippen LogP contribution in [0, 0.1) is 0 Å². The number of carbonyl (C=O) groups is 1. The molecule has 1 atom stereocenters. The topological polar surface area (TPSA) is 59.6 Å². The first-order chi connectivity index (χ1) is 14.6. The molecule has 1 aromatic heterocycles. The second-order valence-electron chi connectivity index (χ2n) is 7.62. The highest BCUT2D eigenvalue weighted by Gasteiger charge is 2.17. The molecule has 30 heavy (non-hydrogen) atoms. The van der Waals surface area contributed by atoms with Crippen molar-refractivity contribution >= 4 is 17.2 Å². The van der Waals surface area contributed by atoms with Gasteiger partial charge in [-0.2, -0.15) is 0 Å². The van der Waals surface area contributed by atoms with E-state index in [0.717, 1.165) is 22.6 Å². The Morgan fingerprint density at radius 3 is 2.53 bits per heavy atom. The molecule has 0 fully saturated rings. The fraction of sp³-hybridized carbons (Fsp3) is 0.292. The zero-order valence-electron chi connectivity index (χ0n) is 17.2. The lowest BCUT2D eigenvalue weighted by molar-refractivity contribution is -0.120. The molecule has 1 amide bonds. The number of ether oxygens (including phenoxy) is 2. The third-order valence-corrected chi connectivity index (χ3v) is 6.09. The van der Waals surface area contributed by atoms with Crippen molar-refractivity contribution in [2.45, 2.75) is 32.4 Å². The maximum atomic E-state index is 12.5. The van der Waals surface area contributed by atoms with Crippen molar-refractivity contribution < 1.29 is 14.3 Å². The lowest BCUT2D eigenvalue weighted by atomic mass is 9.98. The fourth-order valence-electron chi connectivity index (χ4n) is 3.42. The Labute approximate surface area is 181 Å². The van der Waals surface area contributed by atoms with E-state index in [-0.39, 0.29) is 25.3 Å².